The van der Waals surface area contributed by atoms with Gasteiger partial charge < -0.3 is 44.3 Å². The van der Waals surface area contributed by atoms with E-state index in [1.165, 1.54) is 26.0 Å². The molecule has 1 saturated heterocycles. The quantitative estimate of drug-likeness (QED) is 0.124. The lowest BCUT2D eigenvalue weighted by Crippen LogP contribution is -2.80. The predicted octanol–water partition coefficient (Wildman–Crippen LogP) is 4.72. The molecule has 4 aliphatic rings. The van der Waals surface area contributed by atoms with Gasteiger partial charge in [0.2, 0.25) is 0 Å². The molecule has 3 fully saturated rings. The summed E-state index contributed by atoms with van der Waals surface area (Å²) in [6, 6.07) is 23.4. The molecule has 0 radical (unpaired) electrons. The van der Waals surface area contributed by atoms with E-state index in [2.05, 4.69) is 11.9 Å². The second-order valence-corrected chi connectivity index (χ2v) is 17.5. The Balaban J connectivity index is 1.39. The molecule has 1 amide bonds. The van der Waals surface area contributed by atoms with Crippen LogP contribution >= 0.6 is 0 Å². The molecule has 4 N–H and O–H groups in total. The number of benzene rings is 3. The van der Waals surface area contributed by atoms with Gasteiger partial charge in [0.25, 0.3) is 5.91 Å². The minimum absolute atomic E-state index is 0.0488. The SMILES string of the molecule is C=C1[C@H](OC(C)=O)C2=C(C)[C@@H](OC(=O)[C@H](O)[C@@H](NC(=O)c3ccccc3)c3ccccc3)C[C@@](O)([C@@H](OC(=O)c3ccccc3)C3[C@@]1(C)[C@@H](O)C[C@H]1OC[C@@]31OC(C)=O)C2(C)C. The van der Waals surface area contributed by atoms with Crippen LogP contribution in [0.2, 0.25) is 0 Å². The third-order valence-corrected chi connectivity index (χ3v) is 13.7. The van der Waals surface area contributed by atoms with Crippen molar-refractivity contribution in [3.63, 3.8) is 0 Å². The summed E-state index contributed by atoms with van der Waals surface area (Å²) in [6.45, 7) is 13.3. The van der Waals surface area contributed by atoms with Gasteiger partial charge in [0, 0.05) is 43.1 Å². The summed E-state index contributed by atoms with van der Waals surface area (Å²) in [5.74, 6) is -5.32. The molecule has 62 heavy (non-hydrogen) atoms. The molecule has 3 aromatic rings. The maximum atomic E-state index is 14.4. The van der Waals surface area contributed by atoms with E-state index in [4.69, 9.17) is 23.7 Å². The zero-order chi connectivity index (χ0) is 44.9. The smallest absolute Gasteiger partial charge is 0.338 e. The summed E-state index contributed by atoms with van der Waals surface area (Å²) < 4.78 is 30.9. The van der Waals surface area contributed by atoms with Crippen molar-refractivity contribution >= 4 is 29.8 Å². The Labute approximate surface area is 359 Å². The molecule has 1 aliphatic heterocycles. The number of aliphatic hydroxyl groups excluding tert-OH is 2. The summed E-state index contributed by atoms with van der Waals surface area (Å²) in [5.41, 5.74) is -5.47. The van der Waals surface area contributed by atoms with Crippen molar-refractivity contribution in [2.24, 2.45) is 16.7 Å². The molecular formula is C48H53NO13. The minimum Gasteiger partial charge on any atom is -0.456 e. The standard InChI is InChI=1S/C48H53NO13/c1-26-33(60-44(56)38(53)37(30-17-11-8-12-18-30)49-42(54)31-19-13-9-14-20-31)24-48(57)41(61-43(55)32-21-15-10-16-22-32)40-46(7,27(2)39(59-28(3)50)36(26)45(48,5)6)34(52)23-35-47(40,25-58-35)62-29(4)51/h8-22,33-35,37-41,52-53,57H,2,23-25H2,1,3-7H3,(H,49,54)/t33-,34-,35+,37-,38+,39-,40?,41-,46+,47-,48+/m0/s1. The molecule has 1 heterocycles. The fourth-order valence-electron chi connectivity index (χ4n) is 10.3. The van der Waals surface area contributed by atoms with E-state index in [1.54, 1.807) is 107 Å². The van der Waals surface area contributed by atoms with Gasteiger partial charge in [-0.15, -0.1) is 0 Å². The molecule has 14 heteroatoms. The van der Waals surface area contributed by atoms with Gasteiger partial charge in [-0.2, -0.15) is 0 Å². The maximum Gasteiger partial charge on any atom is 0.338 e. The third kappa shape index (κ3) is 7.32. The number of fused-ring (bicyclic) bond motifs is 5. The lowest BCUT2D eigenvalue weighted by Gasteiger charge is -2.68. The van der Waals surface area contributed by atoms with E-state index in [0.29, 0.717) is 11.1 Å². The first-order chi connectivity index (χ1) is 29.3. The Morgan fingerprint density at radius 2 is 1.42 bits per heavy atom. The number of aliphatic hydroxyl groups is 3. The second-order valence-electron chi connectivity index (χ2n) is 17.5. The van der Waals surface area contributed by atoms with Gasteiger partial charge in [0.05, 0.1) is 30.2 Å². The van der Waals surface area contributed by atoms with Crippen molar-refractivity contribution in [2.45, 2.75) is 108 Å². The number of nitrogens with one attached hydrogen (secondary N) is 1. The Morgan fingerprint density at radius 1 is 0.839 bits per heavy atom. The largest absolute Gasteiger partial charge is 0.456 e. The Hall–Kier alpha value is -5.67. The van der Waals surface area contributed by atoms with Gasteiger partial charge in [-0.05, 0) is 53.5 Å². The highest BCUT2D eigenvalue weighted by Crippen LogP contribution is 2.66. The number of hydrogen-bond acceptors (Lipinski definition) is 13. The predicted molar refractivity (Wildman–Crippen MR) is 222 cm³/mol. The summed E-state index contributed by atoms with van der Waals surface area (Å²) >= 11 is 0. The van der Waals surface area contributed by atoms with E-state index >= 15 is 0 Å². The van der Waals surface area contributed by atoms with E-state index in [-0.39, 0.29) is 35.3 Å². The number of hydrogen-bond donors (Lipinski definition) is 4. The van der Waals surface area contributed by atoms with Gasteiger partial charge >= 0.3 is 23.9 Å². The first-order valence-corrected chi connectivity index (χ1v) is 20.6. The summed E-state index contributed by atoms with van der Waals surface area (Å²) in [5, 5.41) is 40.5. The number of rotatable bonds is 10. The van der Waals surface area contributed by atoms with Crippen molar-refractivity contribution in [1.29, 1.82) is 0 Å². The number of carbonyl (C=O) groups excluding carboxylic acids is 5. The van der Waals surface area contributed by atoms with Gasteiger partial charge in [-0.25, -0.2) is 9.59 Å². The Bertz CT molecular complexity index is 2280. The Kier molecular flexibility index (Phi) is 11.9. The van der Waals surface area contributed by atoms with Crippen LogP contribution in [0.4, 0.5) is 0 Å². The highest BCUT2D eigenvalue weighted by molar-refractivity contribution is 5.95. The van der Waals surface area contributed by atoms with Crippen LogP contribution in [0.1, 0.15) is 86.7 Å². The maximum absolute atomic E-state index is 14.4. The molecular weight excluding hydrogens is 799 g/mol. The van der Waals surface area contributed by atoms with Crippen molar-refractivity contribution in [3.05, 3.63) is 131 Å². The molecule has 0 aromatic heterocycles. The molecule has 14 nitrogen and oxygen atoms in total. The fraction of sp³-hybridized carbons (Fsp3) is 0.438. The van der Waals surface area contributed by atoms with Crippen LogP contribution in [0.3, 0.4) is 0 Å². The average Bonchev–Trinajstić information content (AvgIpc) is 3.24. The summed E-state index contributed by atoms with van der Waals surface area (Å²) in [7, 11) is 0. The number of amides is 1. The molecule has 3 aromatic carbocycles. The number of ether oxygens (including phenoxy) is 5. The zero-order valence-electron chi connectivity index (χ0n) is 35.5. The second kappa shape index (κ2) is 16.6. The van der Waals surface area contributed by atoms with Crippen LogP contribution in [-0.2, 0) is 38.1 Å². The van der Waals surface area contributed by atoms with Crippen molar-refractivity contribution < 1.29 is 63.0 Å². The normalized spacial score (nSPS) is 31.9. The van der Waals surface area contributed by atoms with Crippen LogP contribution in [0.25, 0.3) is 0 Å². The molecule has 2 bridgehead atoms. The third-order valence-electron chi connectivity index (χ3n) is 13.7. The van der Waals surface area contributed by atoms with E-state index in [1.807, 2.05) is 0 Å². The minimum atomic E-state index is -2.28. The van der Waals surface area contributed by atoms with Crippen LogP contribution in [0.5, 0.6) is 0 Å². The van der Waals surface area contributed by atoms with Crippen molar-refractivity contribution in [1.82, 2.24) is 5.32 Å². The van der Waals surface area contributed by atoms with Gasteiger partial charge in [0.15, 0.2) is 11.7 Å². The van der Waals surface area contributed by atoms with Crippen LogP contribution < -0.4 is 5.32 Å². The first-order valence-electron chi connectivity index (χ1n) is 20.6. The van der Waals surface area contributed by atoms with Gasteiger partial charge in [-0.3, -0.25) is 14.4 Å². The van der Waals surface area contributed by atoms with Crippen LogP contribution in [0.15, 0.2) is 114 Å². The lowest BCUT2D eigenvalue weighted by atomic mass is 9.44. The van der Waals surface area contributed by atoms with Gasteiger partial charge in [0.1, 0.15) is 30.0 Å². The van der Waals surface area contributed by atoms with E-state index in [0.717, 1.165) is 0 Å². The van der Waals surface area contributed by atoms with Gasteiger partial charge in [-0.1, -0.05) is 94.1 Å². The van der Waals surface area contributed by atoms with E-state index in [9.17, 15) is 39.3 Å². The number of carbonyl (C=O) groups is 5. The molecule has 7 rings (SSSR count). The Morgan fingerprint density at radius 3 is 1.97 bits per heavy atom. The molecule has 328 valence electrons. The average molecular weight is 852 g/mol. The molecule has 0 spiro atoms. The monoisotopic (exact) mass is 851 g/mol. The van der Waals surface area contributed by atoms with Crippen molar-refractivity contribution in [3.8, 4) is 0 Å². The van der Waals surface area contributed by atoms with Crippen LogP contribution in [0, 0.1) is 16.7 Å². The lowest BCUT2D eigenvalue weighted by molar-refractivity contribution is -0.346. The van der Waals surface area contributed by atoms with Crippen molar-refractivity contribution in [2.75, 3.05) is 6.61 Å². The zero-order valence-corrected chi connectivity index (χ0v) is 35.5. The molecule has 11 atom stereocenters. The highest BCUT2D eigenvalue weighted by atomic mass is 16.6. The number of esters is 4. The molecule has 2 saturated carbocycles. The summed E-state index contributed by atoms with van der Waals surface area (Å²) in [4.78, 5) is 68.3. The molecule has 3 aliphatic carbocycles. The highest BCUT2D eigenvalue weighted by Gasteiger charge is 2.77. The first kappa shape index (κ1) is 44.4. The fourth-order valence-corrected chi connectivity index (χ4v) is 10.3. The topological polar surface area (TPSA) is 204 Å². The van der Waals surface area contributed by atoms with E-state index < -0.39 is 107 Å². The molecule has 1 unspecified atom stereocenters. The summed E-state index contributed by atoms with van der Waals surface area (Å²) in [6.07, 6.45) is -9.14. The van der Waals surface area contributed by atoms with Crippen LogP contribution in [-0.4, -0.2) is 99.5 Å².